The first kappa shape index (κ1) is 49.6. The van der Waals surface area contributed by atoms with Crippen LogP contribution in [0.3, 0.4) is 0 Å². The molecular formula is C49H52ClF3N2O8S3. The molecule has 0 radical (unpaired) electrons. The second-order valence-electron chi connectivity index (χ2n) is 16.8. The number of carbonyl (C=O) groups excluding carboxylic acids is 1. The van der Waals surface area contributed by atoms with E-state index in [4.69, 9.17) is 16.3 Å². The number of nitrogens with zero attached hydrogens (tertiary/aromatic N) is 2. The minimum atomic E-state index is -6.02. The Kier molecular flexibility index (Phi) is 16.4. The summed E-state index contributed by atoms with van der Waals surface area (Å²) in [5.41, 5.74) is -2.32. The molecular weight excluding hydrogens is 933 g/mol. The van der Waals surface area contributed by atoms with Gasteiger partial charge < -0.3 is 19.8 Å². The van der Waals surface area contributed by atoms with Crippen LogP contribution >= 0.6 is 23.4 Å². The summed E-state index contributed by atoms with van der Waals surface area (Å²) in [6.07, 6.45) is 0.684. The van der Waals surface area contributed by atoms with Gasteiger partial charge in [-0.1, -0.05) is 72.3 Å². The van der Waals surface area contributed by atoms with Crippen molar-refractivity contribution in [3.05, 3.63) is 143 Å². The van der Waals surface area contributed by atoms with Crippen molar-refractivity contribution in [1.82, 2.24) is 4.90 Å². The number of aliphatic hydroxyl groups excluding tert-OH is 2. The van der Waals surface area contributed by atoms with Crippen LogP contribution in [0.15, 0.2) is 136 Å². The number of ketones is 1. The predicted octanol–water partition coefficient (Wildman–Crippen LogP) is 8.94. The SMILES string of the molecule is O=C(CS(=O)(=O)c1ccc(C[C@H](CCN2CCO[C@H](CO)C2)CSc2ccccc2)c(S(=O)(=O)C(F)(F)F)c1)c1ccc(N2CCC([C@@H](O)c3ccccc3-c3ccc(Cl)cc3)CC2)cc1. The number of alkyl halides is 3. The first-order valence-electron chi connectivity index (χ1n) is 21.7. The van der Waals surface area contributed by atoms with E-state index < -0.39 is 52.6 Å². The number of sulfone groups is 2. The van der Waals surface area contributed by atoms with E-state index in [1.165, 1.54) is 23.9 Å². The standard InChI is InChI=1S/C49H52ClF3N2O8S3/c50-39-15-10-35(11-16-39)44-8-4-5-9-45(44)48(58)37-21-24-55(25-22-37)40-17-12-36(13-18-40)46(57)33-65(59,60)43-19-14-38(47(29-43)66(61,62)49(51,52)53)28-34(32-64-42-6-2-1-3-7-42)20-23-54-26-27-63-41(30-54)31-56/h1-19,29,34,37,41,48,56,58H,20-28,30-33H2/t34-,41-,48+/m0/s1. The average Bonchev–Trinajstić information content (AvgIpc) is 3.32. The van der Waals surface area contributed by atoms with E-state index >= 15 is 0 Å². The zero-order chi connectivity index (χ0) is 47.1. The lowest BCUT2D eigenvalue weighted by Crippen LogP contribution is -2.44. The summed E-state index contributed by atoms with van der Waals surface area (Å²) in [4.78, 5) is 16.7. The lowest BCUT2D eigenvalue weighted by atomic mass is 9.84. The van der Waals surface area contributed by atoms with Crippen LogP contribution < -0.4 is 4.90 Å². The van der Waals surface area contributed by atoms with Crippen LogP contribution in [0.2, 0.25) is 5.02 Å². The Labute approximate surface area is 393 Å². The van der Waals surface area contributed by atoms with Gasteiger partial charge >= 0.3 is 5.51 Å². The van der Waals surface area contributed by atoms with E-state index in [1.807, 2.05) is 78.9 Å². The summed E-state index contributed by atoms with van der Waals surface area (Å²) in [6.45, 7) is 3.06. The molecule has 3 atom stereocenters. The largest absolute Gasteiger partial charge is 0.501 e. The van der Waals surface area contributed by atoms with Crippen LogP contribution in [0.25, 0.3) is 11.1 Å². The number of morpholine rings is 1. The number of carbonyl (C=O) groups is 1. The fraction of sp³-hybridized carbons (Fsp3) is 0.367. The van der Waals surface area contributed by atoms with E-state index in [0.29, 0.717) is 75.4 Å². The Bertz CT molecular complexity index is 2650. The number of Topliss-reactive ketones (excluding diaryl/α,β-unsaturated/α-hetero) is 1. The van der Waals surface area contributed by atoms with Crippen molar-refractivity contribution >= 4 is 54.5 Å². The van der Waals surface area contributed by atoms with Gasteiger partial charge in [0.05, 0.1) is 35.2 Å². The van der Waals surface area contributed by atoms with Crippen molar-refractivity contribution < 1.29 is 49.8 Å². The molecule has 2 N–H and O–H groups in total. The van der Waals surface area contributed by atoms with Crippen molar-refractivity contribution in [2.45, 2.75) is 58.1 Å². The van der Waals surface area contributed by atoms with Gasteiger partial charge in [-0.2, -0.15) is 13.2 Å². The van der Waals surface area contributed by atoms with Crippen molar-refractivity contribution in [2.24, 2.45) is 11.8 Å². The molecule has 0 saturated carbocycles. The highest BCUT2D eigenvalue weighted by atomic mass is 35.5. The third kappa shape index (κ3) is 12.2. The number of rotatable bonds is 18. The maximum absolute atomic E-state index is 14.2. The minimum Gasteiger partial charge on any atom is -0.394 e. The molecule has 66 heavy (non-hydrogen) atoms. The van der Waals surface area contributed by atoms with Gasteiger partial charge in [0.2, 0.25) is 0 Å². The van der Waals surface area contributed by atoms with Crippen LogP contribution in [-0.4, -0.2) is 107 Å². The first-order valence-corrected chi connectivity index (χ1v) is 26.2. The molecule has 2 fully saturated rings. The second kappa shape index (κ2) is 21.8. The number of thioether (sulfide) groups is 1. The van der Waals surface area contributed by atoms with Gasteiger partial charge in [0.1, 0.15) is 5.75 Å². The van der Waals surface area contributed by atoms with Gasteiger partial charge in [-0.15, -0.1) is 11.8 Å². The summed E-state index contributed by atoms with van der Waals surface area (Å²) in [5, 5.41) is 21.8. The van der Waals surface area contributed by atoms with Gasteiger partial charge in [-0.05, 0) is 127 Å². The molecule has 0 aromatic heterocycles. The first-order chi connectivity index (χ1) is 31.5. The lowest BCUT2D eigenvalue weighted by molar-refractivity contribution is -0.0535. The lowest BCUT2D eigenvalue weighted by Gasteiger charge is -2.36. The quantitative estimate of drug-likeness (QED) is 0.0643. The van der Waals surface area contributed by atoms with E-state index in [9.17, 15) is 45.0 Å². The number of hydrogen-bond donors (Lipinski definition) is 2. The van der Waals surface area contributed by atoms with Gasteiger partial charge in [0.15, 0.2) is 15.6 Å². The summed E-state index contributed by atoms with van der Waals surface area (Å²) < 4.78 is 102. The zero-order valence-corrected chi connectivity index (χ0v) is 39.2. The molecule has 5 aromatic rings. The molecule has 0 aliphatic carbocycles. The Morgan fingerprint density at radius 2 is 1.55 bits per heavy atom. The van der Waals surface area contributed by atoms with Crippen molar-refractivity contribution in [3.63, 3.8) is 0 Å². The molecule has 10 nitrogen and oxygen atoms in total. The Balaban J connectivity index is 1.03. The van der Waals surface area contributed by atoms with Gasteiger partial charge in [0.25, 0.3) is 9.84 Å². The molecule has 17 heteroatoms. The fourth-order valence-electron chi connectivity index (χ4n) is 8.59. The third-order valence-corrected chi connectivity index (χ3v) is 17.0. The van der Waals surface area contributed by atoms with E-state index in [-0.39, 0.29) is 42.1 Å². The van der Waals surface area contributed by atoms with E-state index in [1.54, 1.807) is 12.1 Å². The Hall–Kier alpha value is -4.26. The Morgan fingerprint density at radius 3 is 2.23 bits per heavy atom. The molecule has 0 unspecified atom stereocenters. The number of benzene rings is 5. The summed E-state index contributed by atoms with van der Waals surface area (Å²) in [7, 11) is -10.6. The summed E-state index contributed by atoms with van der Waals surface area (Å²) >= 11 is 7.58. The molecule has 7 rings (SSSR count). The number of hydrogen-bond acceptors (Lipinski definition) is 11. The van der Waals surface area contributed by atoms with Crippen LogP contribution in [0.1, 0.15) is 46.9 Å². The molecule has 5 aromatic carbocycles. The van der Waals surface area contributed by atoms with Gasteiger partial charge in [-0.3, -0.25) is 9.69 Å². The second-order valence-corrected chi connectivity index (χ2v) is 22.2. The van der Waals surface area contributed by atoms with Gasteiger partial charge in [-0.25, -0.2) is 16.8 Å². The number of anilines is 1. The summed E-state index contributed by atoms with van der Waals surface area (Å²) in [6, 6.07) is 33.7. The Morgan fingerprint density at radius 1 is 0.864 bits per heavy atom. The summed E-state index contributed by atoms with van der Waals surface area (Å²) in [5.74, 6) is -1.82. The van der Waals surface area contributed by atoms with Crippen molar-refractivity contribution in [2.75, 3.05) is 62.3 Å². The predicted molar refractivity (Wildman–Crippen MR) is 252 cm³/mol. The molecule has 2 saturated heterocycles. The number of aliphatic hydroxyl groups is 2. The highest BCUT2D eigenvalue weighted by molar-refractivity contribution is 7.99. The fourth-order valence-corrected chi connectivity index (χ4v) is 12.1. The molecule has 2 aliphatic heterocycles. The maximum Gasteiger partial charge on any atom is 0.501 e. The monoisotopic (exact) mass is 984 g/mol. The molecule has 0 spiro atoms. The topological polar surface area (TPSA) is 142 Å². The smallest absolute Gasteiger partial charge is 0.394 e. The molecule has 0 bridgehead atoms. The minimum absolute atomic E-state index is 0.0110. The van der Waals surface area contributed by atoms with E-state index in [2.05, 4.69) is 9.80 Å². The number of ether oxygens (including phenoxy) is 1. The van der Waals surface area contributed by atoms with Crippen molar-refractivity contribution in [3.8, 4) is 11.1 Å². The highest BCUT2D eigenvalue weighted by Gasteiger charge is 2.48. The van der Waals surface area contributed by atoms with Crippen LogP contribution in [0.4, 0.5) is 18.9 Å². The molecule has 2 aliphatic rings. The molecule has 2 heterocycles. The van der Waals surface area contributed by atoms with E-state index in [0.717, 1.165) is 39.4 Å². The zero-order valence-electron chi connectivity index (χ0n) is 36.0. The van der Waals surface area contributed by atoms with Crippen LogP contribution in [-0.2, 0) is 30.8 Å². The average molecular weight is 986 g/mol. The maximum atomic E-state index is 14.2. The third-order valence-electron chi connectivity index (χ3n) is 12.3. The van der Waals surface area contributed by atoms with Crippen LogP contribution in [0, 0.1) is 11.8 Å². The van der Waals surface area contributed by atoms with Crippen molar-refractivity contribution in [1.29, 1.82) is 0 Å². The van der Waals surface area contributed by atoms with Crippen LogP contribution in [0.5, 0.6) is 0 Å². The molecule has 352 valence electrons. The number of halogens is 4. The number of piperidine rings is 1. The normalized spacial score (nSPS) is 17.7. The van der Waals surface area contributed by atoms with Gasteiger partial charge in [0, 0.05) is 53.1 Å². The molecule has 0 amide bonds. The highest BCUT2D eigenvalue weighted by Crippen LogP contribution is 2.39.